The second-order valence-corrected chi connectivity index (χ2v) is 14.1. The standard InChI is InChI=1S/C54H37NO/c1-2-13-41(14-3-1)49-17-7-8-18-50(49)43-29-33-47(34-30-43)55(48-35-28-38-12-4-5-15-44(38)36-48)46-31-26-40(27-32-46)39-22-24-42(25-23-39)51-19-9-10-20-52(51)54-37-45-16-6-11-21-53(45)56-54/h1-37H. The van der Waals surface area contributed by atoms with Gasteiger partial charge in [-0.05, 0) is 104 Å². The predicted molar refractivity (Wildman–Crippen MR) is 236 cm³/mol. The van der Waals surface area contributed by atoms with E-state index in [0.29, 0.717) is 0 Å². The molecule has 9 aromatic carbocycles. The molecule has 0 atom stereocenters. The Morgan fingerprint density at radius 3 is 1.32 bits per heavy atom. The molecule has 0 saturated heterocycles. The van der Waals surface area contributed by atoms with E-state index in [0.717, 1.165) is 56.0 Å². The third-order valence-electron chi connectivity index (χ3n) is 10.7. The van der Waals surface area contributed by atoms with Gasteiger partial charge >= 0.3 is 0 Å². The number of nitrogens with zero attached hydrogens (tertiary/aromatic N) is 1. The fourth-order valence-corrected chi connectivity index (χ4v) is 7.87. The second-order valence-electron chi connectivity index (χ2n) is 14.1. The van der Waals surface area contributed by atoms with Gasteiger partial charge in [0.05, 0.1) is 0 Å². The Bertz CT molecular complexity index is 2910. The maximum atomic E-state index is 6.27. The van der Waals surface area contributed by atoms with Crippen LogP contribution < -0.4 is 4.90 Å². The van der Waals surface area contributed by atoms with E-state index in [4.69, 9.17) is 4.42 Å². The van der Waals surface area contributed by atoms with Gasteiger partial charge in [-0.3, -0.25) is 0 Å². The quantitative estimate of drug-likeness (QED) is 0.156. The number of hydrogen-bond donors (Lipinski definition) is 0. The fourth-order valence-electron chi connectivity index (χ4n) is 7.87. The number of hydrogen-bond acceptors (Lipinski definition) is 2. The highest BCUT2D eigenvalue weighted by Gasteiger charge is 2.16. The molecule has 264 valence electrons. The zero-order valence-corrected chi connectivity index (χ0v) is 30.7. The van der Waals surface area contributed by atoms with Gasteiger partial charge in [-0.15, -0.1) is 0 Å². The lowest BCUT2D eigenvalue weighted by atomic mass is 9.94. The van der Waals surface area contributed by atoms with E-state index < -0.39 is 0 Å². The average Bonchev–Trinajstić information content (AvgIpc) is 3.72. The summed E-state index contributed by atoms with van der Waals surface area (Å²) in [4.78, 5) is 2.35. The van der Waals surface area contributed by atoms with E-state index in [1.54, 1.807) is 0 Å². The smallest absolute Gasteiger partial charge is 0.136 e. The van der Waals surface area contributed by atoms with Crippen LogP contribution in [0.1, 0.15) is 0 Å². The molecule has 0 saturated carbocycles. The molecule has 1 aromatic heterocycles. The summed E-state index contributed by atoms with van der Waals surface area (Å²) in [6.45, 7) is 0. The van der Waals surface area contributed by atoms with Crippen molar-refractivity contribution < 1.29 is 4.42 Å². The lowest BCUT2D eigenvalue weighted by Gasteiger charge is -2.26. The Kier molecular flexibility index (Phi) is 8.55. The Hall–Kier alpha value is -7.42. The maximum absolute atomic E-state index is 6.27. The normalized spacial score (nSPS) is 11.2. The lowest BCUT2D eigenvalue weighted by molar-refractivity contribution is 0.632. The first kappa shape index (κ1) is 33.2. The minimum Gasteiger partial charge on any atom is -0.456 e. The van der Waals surface area contributed by atoms with E-state index in [1.165, 1.54) is 38.6 Å². The fraction of sp³-hybridized carbons (Fsp3) is 0. The first-order valence-electron chi connectivity index (χ1n) is 19.1. The molecule has 2 nitrogen and oxygen atoms in total. The molecular formula is C54H37NO. The molecule has 0 fully saturated rings. The van der Waals surface area contributed by atoms with Gasteiger partial charge in [-0.25, -0.2) is 0 Å². The van der Waals surface area contributed by atoms with Crippen LogP contribution in [0.4, 0.5) is 17.1 Å². The number of para-hydroxylation sites is 1. The molecule has 0 amide bonds. The monoisotopic (exact) mass is 715 g/mol. The molecule has 10 rings (SSSR count). The van der Waals surface area contributed by atoms with Crippen molar-refractivity contribution >= 4 is 38.8 Å². The summed E-state index contributed by atoms with van der Waals surface area (Å²) >= 11 is 0. The molecule has 0 aliphatic rings. The molecule has 10 aromatic rings. The summed E-state index contributed by atoms with van der Waals surface area (Å²) in [6, 6.07) is 80.0. The Morgan fingerprint density at radius 2 is 0.696 bits per heavy atom. The van der Waals surface area contributed by atoms with E-state index in [9.17, 15) is 0 Å². The van der Waals surface area contributed by atoms with E-state index in [1.807, 2.05) is 18.2 Å². The summed E-state index contributed by atoms with van der Waals surface area (Å²) in [5.41, 5.74) is 14.8. The van der Waals surface area contributed by atoms with Gasteiger partial charge in [0, 0.05) is 28.0 Å². The minimum absolute atomic E-state index is 0.879. The van der Waals surface area contributed by atoms with Crippen LogP contribution in [0.2, 0.25) is 0 Å². The number of fused-ring (bicyclic) bond motifs is 2. The first-order valence-corrected chi connectivity index (χ1v) is 19.1. The molecule has 0 aliphatic carbocycles. The molecule has 0 bridgehead atoms. The average molecular weight is 716 g/mol. The number of furan rings is 1. The largest absolute Gasteiger partial charge is 0.456 e. The van der Waals surface area contributed by atoms with Crippen molar-refractivity contribution in [3.63, 3.8) is 0 Å². The minimum atomic E-state index is 0.879. The van der Waals surface area contributed by atoms with Gasteiger partial charge in [0.15, 0.2) is 0 Å². The van der Waals surface area contributed by atoms with Crippen LogP contribution in [0.25, 0.3) is 77.6 Å². The zero-order chi connectivity index (χ0) is 37.3. The first-order chi connectivity index (χ1) is 27.7. The van der Waals surface area contributed by atoms with Crippen molar-refractivity contribution in [2.75, 3.05) is 4.90 Å². The summed E-state index contributed by atoms with van der Waals surface area (Å²) in [7, 11) is 0. The Labute approximate surface area is 327 Å². The SMILES string of the molecule is c1ccc(-c2ccccc2-c2ccc(N(c3ccc(-c4ccc(-c5ccccc5-c5cc6ccccc6o5)cc4)cc3)c3ccc4ccccc4c3)cc2)cc1. The summed E-state index contributed by atoms with van der Waals surface area (Å²) in [5.74, 6) is 0.879. The molecule has 2 heteroatoms. The third kappa shape index (κ3) is 6.34. The van der Waals surface area contributed by atoms with Crippen molar-refractivity contribution in [3.8, 4) is 55.8 Å². The molecule has 0 unspecified atom stereocenters. The highest BCUT2D eigenvalue weighted by Crippen LogP contribution is 2.40. The Morgan fingerprint density at radius 1 is 0.268 bits per heavy atom. The third-order valence-corrected chi connectivity index (χ3v) is 10.7. The highest BCUT2D eigenvalue weighted by atomic mass is 16.3. The molecule has 0 N–H and O–H groups in total. The number of anilines is 3. The molecule has 0 aliphatic heterocycles. The van der Waals surface area contributed by atoms with Crippen LogP contribution in [0, 0.1) is 0 Å². The van der Waals surface area contributed by atoms with Crippen LogP contribution in [-0.4, -0.2) is 0 Å². The van der Waals surface area contributed by atoms with Crippen LogP contribution in [-0.2, 0) is 0 Å². The molecule has 56 heavy (non-hydrogen) atoms. The van der Waals surface area contributed by atoms with Gasteiger partial charge in [-0.2, -0.15) is 0 Å². The van der Waals surface area contributed by atoms with Crippen LogP contribution >= 0.6 is 0 Å². The molecule has 0 radical (unpaired) electrons. The zero-order valence-electron chi connectivity index (χ0n) is 30.7. The lowest BCUT2D eigenvalue weighted by Crippen LogP contribution is -2.09. The summed E-state index contributed by atoms with van der Waals surface area (Å²) < 4.78 is 6.27. The van der Waals surface area contributed by atoms with Gasteiger partial charge in [0.25, 0.3) is 0 Å². The summed E-state index contributed by atoms with van der Waals surface area (Å²) in [5, 5.41) is 3.54. The van der Waals surface area contributed by atoms with Gasteiger partial charge in [0.2, 0.25) is 0 Å². The number of rotatable bonds is 8. The van der Waals surface area contributed by atoms with Crippen LogP contribution in [0.15, 0.2) is 229 Å². The van der Waals surface area contributed by atoms with Crippen molar-refractivity contribution in [2.45, 2.75) is 0 Å². The van der Waals surface area contributed by atoms with E-state index in [-0.39, 0.29) is 0 Å². The second kappa shape index (κ2) is 14.4. The molecule has 0 spiro atoms. The van der Waals surface area contributed by atoms with Crippen molar-refractivity contribution in [1.29, 1.82) is 0 Å². The van der Waals surface area contributed by atoms with Crippen LogP contribution in [0.3, 0.4) is 0 Å². The summed E-state index contributed by atoms with van der Waals surface area (Å²) in [6.07, 6.45) is 0. The Balaban J connectivity index is 0.977. The van der Waals surface area contributed by atoms with Gasteiger partial charge in [-0.1, -0.05) is 176 Å². The number of benzene rings is 9. The topological polar surface area (TPSA) is 16.4 Å². The molecule has 1 heterocycles. The predicted octanol–water partition coefficient (Wildman–Crippen LogP) is 15.4. The molecular weight excluding hydrogens is 679 g/mol. The van der Waals surface area contributed by atoms with Crippen LogP contribution in [0.5, 0.6) is 0 Å². The van der Waals surface area contributed by atoms with E-state index in [2.05, 4.69) is 211 Å². The van der Waals surface area contributed by atoms with E-state index >= 15 is 0 Å². The van der Waals surface area contributed by atoms with Gasteiger partial charge < -0.3 is 9.32 Å². The highest BCUT2D eigenvalue weighted by molar-refractivity contribution is 5.91. The van der Waals surface area contributed by atoms with Crippen molar-refractivity contribution in [2.24, 2.45) is 0 Å². The van der Waals surface area contributed by atoms with Crippen molar-refractivity contribution in [1.82, 2.24) is 0 Å². The maximum Gasteiger partial charge on any atom is 0.136 e. The van der Waals surface area contributed by atoms with Gasteiger partial charge in [0.1, 0.15) is 11.3 Å². The van der Waals surface area contributed by atoms with Crippen molar-refractivity contribution in [3.05, 3.63) is 224 Å².